The lowest BCUT2D eigenvalue weighted by atomic mass is 10.1. The molecule has 0 aliphatic carbocycles. The summed E-state index contributed by atoms with van der Waals surface area (Å²) < 4.78 is 10.7. The maximum Gasteiger partial charge on any atom is 0.236 e. The van der Waals surface area contributed by atoms with Crippen LogP contribution in [0.15, 0.2) is 53.9 Å². The van der Waals surface area contributed by atoms with E-state index in [1.54, 1.807) is 26.0 Å². The number of methoxy groups -OCH3 is 2. The van der Waals surface area contributed by atoms with E-state index in [0.29, 0.717) is 16.6 Å². The molecule has 0 aliphatic heterocycles. The van der Waals surface area contributed by atoms with Crippen molar-refractivity contribution in [3.8, 4) is 22.8 Å². The quantitative estimate of drug-likeness (QED) is 0.594. The first kappa shape index (κ1) is 19.3. The van der Waals surface area contributed by atoms with Gasteiger partial charge in [0.15, 0.2) is 5.13 Å². The monoisotopic (exact) mass is 400 g/mol. The second-order valence-corrected chi connectivity index (χ2v) is 7.47. The number of amides is 1. The maximum atomic E-state index is 12.2. The van der Waals surface area contributed by atoms with Crippen molar-refractivity contribution >= 4 is 34.1 Å². The molecule has 0 fully saturated rings. The predicted molar refractivity (Wildman–Crippen MR) is 112 cm³/mol. The minimum Gasteiger partial charge on any atom is -0.497 e. The van der Waals surface area contributed by atoms with Gasteiger partial charge in [0.05, 0.1) is 25.7 Å². The largest absolute Gasteiger partial charge is 0.497 e. The summed E-state index contributed by atoms with van der Waals surface area (Å²) in [5.41, 5.74) is 2.77. The topological polar surface area (TPSA) is 60.5 Å². The fraction of sp³-hybridized carbons (Fsp3) is 0.200. The van der Waals surface area contributed by atoms with E-state index in [9.17, 15) is 4.79 Å². The van der Waals surface area contributed by atoms with Gasteiger partial charge in [-0.3, -0.25) is 4.79 Å². The molecule has 0 bridgehead atoms. The lowest BCUT2D eigenvalue weighted by Gasteiger charge is -2.08. The van der Waals surface area contributed by atoms with Crippen molar-refractivity contribution in [2.45, 2.75) is 5.75 Å². The molecule has 0 atom stereocenters. The van der Waals surface area contributed by atoms with E-state index in [1.807, 2.05) is 41.8 Å². The highest BCUT2D eigenvalue weighted by Gasteiger charge is 2.13. The van der Waals surface area contributed by atoms with E-state index in [4.69, 9.17) is 9.47 Å². The summed E-state index contributed by atoms with van der Waals surface area (Å²) in [5, 5.41) is 5.32. The van der Waals surface area contributed by atoms with Gasteiger partial charge in [0.2, 0.25) is 5.91 Å². The number of hydrogen-bond donors (Lipinski definition) is 1. The molecule has 1 amide bonds. The number of thiazole rings is 1. The molecule has 27 heavy (non-hydrogen) atoms. The summed E-state index contributed by atoms with van der Waals surface area (Å²) in [5.74, 6) is 2.55. The van der Waals surface area contributed by atoms with Crippen LogP contribution in [0.5, 0.6) is 11.5 Å². The van der Waals surface area contributed by atoms with E-state index < -0.39 is 0 Å². The number of anilines is 1. The maximum absolute atomic E-state index is 12.2. The number of aromatic nitrogens is 1. The number of benzene rings is 2. The molecule has 0 saturated carbocycles. The van der Waals surface area contributed by atoms with Gasteiger partial charge in [0, 0.05) is 16.7 Å². The smallest absolute Gasteiger partial charge is 0.236 e. The Kier molecular flexibility index (Phi) is 6.73. The highest BCUT2D eigenvalue weighted by atomic mass is 32.2. The van der Waals surface area contributed by atoms with Crippen molar-refractivity contribution in [3.63, 3.8) is 0 Å². The highest BCUT2D eigenvalue weighted by Crippen LogP contribution is 2.35. The molecular formula is C20H20N2O3S2. The molecule has 3 rings (SSSR count). The molecule has 1 aromatic heterocycles. The highest BCUT2D eigenvalue weighted by molar-refractivity contribution is 7.99. The normalized spacial score (nSPS) is 10.4. The molecule has 0 radical (unpaired) electrons. The summed E-state index contributed by atoms with van der Waals surface area (Å²) >= 11 is 2.96. The van der Waals surface area contributed by atoms with Crippen LogP contribution in [0.25, 0.3) is 11.3 Å². The number of ether oxygens (including phenoxy) is 2. The fourth-order valence-corrected chi connectivity index (χ4v) is 3.97. The second kappa shape index (κ2) is 9.43. The standard InChI is InChI=1S/C20H20N2O3S2/c1-24-15-8-9-18(25-2)16(10-15)17-12-27-20(21-17)22-19(23)13-26-11-14-6-4-3-5-7-14/h3-10,12H,11,13H2,1-2H3,(H,21,22,23). The van der Waals surface area contributed by atoms with Crippen molar-refractivity contribution in [2.75, 3.05) is 25.3 Å². The van der Waals surface area contributed by atoms with Gasteiger partial charge in [-0.25, -0.2) is 4.98 Å². The second-order valence-electron chi connectivity index (χ2n) is 5.63. The zero-order valence-corrected chi connectivity index (χ0v) is 16.7. The van der Waals surface area contributed by atoms with Crippen molar-refractivity contribution in [1.29, 1.82) is 0 Å². The van der Waals surface area contributed by atoms with Crippen LogP contribution < -0.4 is 14.8 Å². The van der Waals surface area contributed by atoms with Crippen molar-refractivity contribution in [3.05, 3.63) is 59.5 Å². The summed E-state index contributed by atoms with van der Waals surface area (Å²) in [7, 11) is 3.23. The Morgan fingerprint density at radius 3 is 2.70 bits per heavy atom. The van der Waals surface area contributed by atoms with Crippen molar-refractivity contribution in [2.24, 2.45) is 0 Å². The fourth-order valence-electron chi connectivity index (χ4n) is 2.46. The Bertz CT molecular complexity index is 897. The first-order valence-electron chi connectivity index (χ1n) is 8.29. The number of thioether (sulfide) groups is 1. The minimum atomic E-state index is -0.0607. The molecule has 1 N–H and O–H groups in total. The van der Waals surface area contributed by atoms with Crippen LogP contribution in [0.4, 0.5) is 5.13 Å². The third-order valence-electron chi connectivity index (χ3n) is 3.78. The number of rotatable bonds is 8. The number of nitrogens with one attached hydrogen (secondary N) is 1. The molecule has 3 aromatic rings. The molecule has 140 valence electrons. The van der Waals surface area contributed by atoms with Crippen LogP contribution in [-0.2, 0) is 10.5 Å². The Morgan fingerprint density at radius 2 is 1.96 bits per heavy atom. The van der Waals surface area contributed by atoms with Crippen LogP contribution in [0.2, 0.25) is 0 Å². The van der Waals surface area contributed by atoms with Crippen molar-refractivity contribution < 1.29 is 14.3 Å². The first-order valence-corrected chi connectivity index (χ1v) is 10.3. The Balaban J connectivity index is 1.60. The van der Waals surface area contributed by atoms with E-state index in [0.717, 1.165) is 22.8 Å². The molecule has 5 nitrogen and oxygen atoms in total. The van der Waals surface area contributed by atoms with Crippen LogP contribution in [0, 0.1) is 0 Å². The Morgan fingerprint density at radius 1 is 1.15 bits per heavy atom. The summed E-state index contributed by atoms with van der Waals surface area (Å²) in [4.78, 5) is 16.7. The molecular weight excluding hydrogens is 380 g/mol. The molecule has 0 saturated heterocycles. The number of carbonyl (C=O) groups excluding carboxylic acids is 1. The van der Waals surface area contributed by atoms with Gasteiger partial charge in [-0.1, -0.05) is 30.3 Å². The van der Waals surface area contributed by atoms with Gasteiger partial charge >= 0.3 is 0 Å². The number of nitrogens with zero attached hydrogens (tertiary/aromatic N) is 1. The molecule has 0 unspecified atom stereocenters. The van der Waals surface area contributed by atoms with Gasteiger partial charge in [-0.15, -0.1) is 23.1 Å². The van der Waals surface area contributed by atoms with Crippen LogP contribution in [-0.4, -0.2) is 30.9 Å². The van der Waals surface area contributed by atoms with Crippen LogP contribution in [0.1, 0.15) is 5.56 Å². The minimum absolute atomic E-state index is 0.0607. The number of carbonyl (C=O) groups is 1. The molecule has 1 heterocycles. The SMILES string of the molecule is COc1ccc(OC)c(-c2csc(NC(=O)CSCc3ccccc3)n2)c1. The lowest BCUT2D eigenvalue weighted by Crippen LogP contribution is -2.13. The van der Waals surface area contributed by atoms with Crippen molar-refractivity contribution in [1.82, 2.24) is 4.98 Å². The van der Waals surface area contributed by atoms with Crippen LogP contribution >= 0.6 is 23.1 Å². The Hall–Kier alpha value is -2.51. The van der Waals surface area contributed by atoms with Gasteiger partial charge in [-0.05, 0) is 23.8 Å². The van der Waals surface area contributed by atoms with E-state index in [1.165, 1.54) is 16.9 Å². The molecule has 0 aliphatic rings. The third kappa shape index (κ3) is 5.24. The van der Waals surface area contributed by atoms with Gasteiger partial charge in [-0.2, -0.15) is 0 Å². The van der Waals surface area contributed by atoms with Gasteiger partial charge in [0.1, 0.15) is 11.5 Å². The molecule has 2 aromatic carbocycles. The summed E-state index contributed by atoms with van der Waals surface area (Å²) in [6, 6.07) is 15.6. The zero-order valence-electron chi connectivity index (χ0n) is 15.1. The average Bonchev–Trinajstić information content (AvgIpc) is 3.16. The Labute approximate surface area is 166 Å². The lowest BCUT2D eigenvalue weighted by molar-refractivity contribution is -0.113. The number of hydrogen-bond acceptors (Lipinski definition) is 6. The summed E-state index contributed by atoms with van der Waals surface area (Å²) in [6.07, 6.45) is 0. The predicted octanol–water partition coefficient (Wildman–Crippen LogP) is 4.70. The molecule has 7 heteroatoms. The molecule has 0 spiro atoms. The zero-order chi connectivity index (χ0) is 19.1. The third-order valence-corrected chi connectivity index (χ3v) is 5.54. The summed E-state index contributed by atoms with van der Waals surface area (Å²) in [6.45, 7) is 0. The first-order chi connectivity index (χ1) is 13.2. The van der Waals surface area contributed by atoms with E-state index in [-0.39, 0.29) is 5.91 Å². The van der Waals surface area contributed by atoms with Gasteiger partial charge in [0.25, 0.3) is 0 Å². The van der Waals surface area contributed by atoms with E-state index >= 15 is 0 Å². The van der Waals surface area contributed by atoms with Gasteiger partial charge < -0.3 is 14.8 Å². The van der Waals surface area contributed by atoms with Crippen LogP contribution in [0.3, 0.4) is 0 Å². The average molecular weight is 401 g/mol. The van der Waals surface area contributed by atoms with E-state index in [2.05, 4.69) is 22.4 Å².